The summed E-state index contributed by atoms with van der Waals surface area (Å²) in [4.78, 5) is 4.68. The highest BCUT2D eigenvalue weighted by Gasteiger charge is 2.12. The van der Waals surface area contributed by atoms with E-state index < -0.39 is 0 Å². The molecule has 0 atom stereocenters. The average Bonchev–Trinajstić information content (AvgIpc) is 2.28. The van der Waals surface area contributed by atoms with Crippen LogP contribution in [-0.2, 0) is 6.42 Å². The van der Waals surface area contributed by atoms with E-state index in [9.17, 15) is 0 Å². The molecule has 1 aromatic carbocycles. The second kappa shape index (κ2) is 4.92. The van der Waals surface area contributed by atoms with Crippen LogP contribution in [0.5, 0.6) is 0 Å². The first-order chi connectivity index (χ1) is 8.08. The Hall–Kier alpha value is -0.650. The highest BCUT2D eigenvalue weighted by Crippen LogP contribution is 2.34. The number of fused-ring (bicyclic) bond motifs is 1. The molecule has 0 aliphatic carbocycles. The smallest absolute Gasteiger partial charge is 0.0869 e. The summed E-state index contributed by atoms with van der Waals surface area (Å²) in [5.41, 5.74) is 6.83. The quantitative estimate of drug-likeness (QED) is 0.632. The molecule has 0 bridgehead atoms. The van der Waals surface area contributed by atoms with Gasteiger partial charge in [0, 0.05) is 20.0 Å². The lowest BCUT2D eigenvalue weighted by molar-refractivity contribution is 1.03. The number of nitrogens with zero attached hydrogens (tertiary/aromatic N) is 1. The van der Waals surface area contributed by atoms with Crippen molar-refractivity contribution in [1.82, 2.24) is 4.98 Å². The largest absolute Gasteiger partial charge is 0.323 e. The molecule has 0 aliphatic rings. The lowest BCUT2D eigenvalue weighted by Crippen LogP contribution is -2.11. The Labute approximate surface area is 117 Å². The molecule has 0 amide bonds. The fourth-order valence-electron chi connectivity index (χ4n) is 1.97. The van der Waals surface area contributed by atoms with E-state index in [-0.39, 0.29) is 0 Å². The summed E-state index contributed by atoms with van der Waals surface area (Å²) in [6, 6.07) is 4.01. The number of halogens is 2. The van der Waals surface area contributed by atoms with Crippen LogP contribution < -0.4 is 11.3 Å². The molecule has 0 radical (unpaired) electrons. The minimum atomic E-state index is 0.888. The van der Waals surface area contributed by atoms with Gasteiger partial charge in [-0.2, -0.15) is 0 Å². The number of aromatic nitrogens is 1. The molecule has 0 unspecified atom stereocenters. The summed E-state index contributed by atoms with van der Waals surface area (Å²) in [6.45, 7) is 4.13. The molecular formula is C12H13Br2N3. The van der Waals surface area contributed by atoms with Crippen LogP contribution in [0, 0.1) is 6.92 Å². The van der Waals surface area contributed by atoms with Gasteiger partial charge in [0.2, 0.25) is 0 Å². The highest BCUT2D eigenvalue weighted by atomic mass is 79.9. The van der Waals surface area contributed by atoms with E-state index in [0.717, 1.165) is 43.2 Å². The summed E-state index contributed by atoms with van der Waals surface area (Å²) in [5.74, 6) is 5.63. The summed E-state index contributed by atoms with van der Waals surface area (Å²) in [6.07, 6.45) is 0.888. The molecule has 0 saturated carbocycles. The monoisotopic (exact) mass is 357 g/mol. The van der Waals surface area contributed by atoms with Crippen molar-refractivity contribution >= 4 is 48.5 Å². The van der Waals surface area contributed by atoms with Gasteiger partial charge in [0.25, 0.3) is 0 Å². The zero-order valence-electron chi connectivity index (χ0n) is 9.64. The van der Waals surface area contributed by atoms with Crippen molar-refractivity contribution in [3.05, 3.63) is 32.3 Å². The van der Waals surface area contributed by atoms with Crippen molar-refractivity contribution in [1.29, 1.82) is 0 Å². The van der Waals surface area contributed by atoms with Crippen LogP contribution in [0.3, 0.4) is 0 Å². The molecule has 0 fully saturated rings. The number of benzene rings is 1. The number of nitrogens with one attached hydrogen (secondary N) is 1. The van der Waals surface area contributed by atoms with Crippen molar-refractivity contribution in [2.24, 2.45) is 5.84 Å². The van der Waals surface area contributed by atoms with Crippen molar-refractivity contribution < 1.29 is 0 Å². The Bertz CT molecular complexity index is 582. The Kier molecular flexibility index (Phi) is 3.70. The first-order valence-electron chi connectivity index (χ1n) is 5.33. The van der Waals surface area contributed by atoms with Gasteiger partial charge in [-0.05, 0) is 47.0 Å². The third-order valence-corrected chi connectivity index (χ3v) is 3.89. The summed E-state index contributed by atoms with van der Waals surface area (Å²) in [7, 11) is 0. The number of hydrogen-bond acceptors (Lipinski definition) is 3. The lowest BCUT2D eigenvalue weighted by Gasteiger charge is -2.14. The van der Waals surface area contributed by atoms with Gasteiger partial charge < -0.3 is 5.43 Å². The third-order valence-electron chi connectivity index (χ3n) is 2.83. The standard InChI is InChI=1S/C12H13Br2N3/c1-3-10-6(2)11(17-15)8-4-7(13)5-9(14)12(8)16-10/h4-5H,3,15H2,1-2H3,(H,16,17). The molecule has 90 valence electrons. The normalized spacial score (nSPS) is 10.9. The van der Waals surface area contributed by atoms with E-state index in [1.54, 1.807) is 0 Å². The molecule has 0 spiro atoms. The molecule has 0 saturated heterocycles. The number of hydrazine groups is 1. The Balaban J connectivity index is 2.92. The maximum absolute atomic E-state index is 5.63. The first kappa shape index (κ1) is 12.8. The van der Waals surface area contributed by atoms with Crippen molar-refractivity contribution in [3.63, 3.8) is 0 Å². The van der Waals surface area contributed by atoms with Crippen LogP contribution in [0.25, 0.3) is 10.9 Å². The molecular weight excluding hydrogens is 346 g/mol. The average molecular weight is 359 g/mol. The summed E-state index contributed by atoms with van der Waals surface area (Å²) in [5, 5.41) is 1.02. The van der Waals surface area contributed by atoms with Crippen LogP contribution in [0.1, 0.15) is 18.2 Å². The number of rotatable bonds is 2. The number of nitrogens with two attached hydrogens (primary N) is 1. The minimum Gasteiger partial charge on any atom is -0.323 e. The van der Waals surface area contributed by atoms with Gasteiger partial charge in [-0.1, -0.05) is 22.9 Å². The predicted octanol–water partition coefficient (Wildman–Crippen LogP) is 3.92. The highest BCUT2D eigenvalue weighted by molar-refractivity contribution is 9.11. The number of pyridine rings is 1. The molecule has 1 heterocycles. The Morgan fingerprint density at radius 3 is 2.65 bits per heavy atom. The molecule has 17 heavy (non-hydrogen) atoms. The van der Waals surface area contributed by atoms with Gasteiger partial charge in [-0.25, -0.2) is 0 Å². The third kappa shape index (κ3) is 2.19. The van der Waals surface area contributed by atoms with Crippen molar-refractivity contribution in [2.45, 2.75) is 20.3 Å². The van der Waals surface area contributed by atoms with E-state index in [1.165, 1.54) is 0 Å². The van der Waals surface area contributed by atoms with Gasteiger partial charge in [0.15, 0.2) is 0 Å². The van der Waals surface area contributed by atoms with E-state index in [4.69, 9.17) is 5.84 Å². The number of nitrogen functional groups attached to an aromatic ring is 1. The van der Waals surface area contributed by atoms with Crippen molar-refractivity contribution in [3.8, 4) is 0 Å². The Morgan fingerprint density at radius 1 is 1.35 bits per heavy atom. The van der Waals surface area contributed by atoms with E-state index in [2.05, 4.69) is 49.2 Å². The number of aryl methyl sites for hydroxylation is 1. The zero-order chi connectivity index (χ0) is 12.6. The van der Waals surface area contributed by atoms with Gasteiger partial charge >= 0.3 is 0 Å². The molecule has 5 heteroatoms. The van der Waals surface area contributed by atoms with Crippen molar-refractivity contribution in [2.75, 3.05) is 5.43 Å². The van der Waals surface area contributed by atoms with Crippen LogP contribution in [0.2, 0.25) is 0 Å². The van der Waals surface area contributed by atoms with Crippen LogP contribution in [-0.4, -0.2) is 4.98 Å². The molecule has 3 N–H and O–H groups in total. The van der Waals surface area contributed by atoms with Gasteiger partial charge in [0.1, 0.15) is 0 Å². The maximum atomic E-state index is 5.63. The topological polar surface area (TPSA) is 50.9 Å². The molecule has 2 rings (SSSR count). The fourth-order valence-corrected chi connectivity index (χ4v) is 3.28. The first-order valence-corrected chi connectivity index (χ1v) is 6.92. The van der Waals surface area contributed by atoms with Crippen LogP contribution in [0.15, 0.2) is 21.1 Å². The molecule has 0 aliphatic heterocycles. The summed E-state index contributed by atoms with van der Waals surface area (Å²) < 4.78 is 1.96. The maximum Gasteiger partial charge on any atom is 0.0869 e. The molecule has 2 aromatic rings. The van der Waals surface area contributed by atoms with E-state index in [1.807, 2.05) is 19.1 Å². The van der Waals surface area contributed by atoms with E-state index >= 15 is 0 Å². The second-order valence-electron chi connectivity index (χ2n) is 3.84. The molecule has 1 aromatic heterocycles. The van der Waals surface area contributed by atoms with Gasteiger partial charge in [0.05, 0.1) is 11.2 Å². The van der Waals surface area contributed by atoms with Gasteiger partial charge in [-0.3, -0.25) is 10.8 Å². The van der Waals surface area contributed by atoms with Crippen LogP contribution >= 0.6 is 31.9 Å². The second-order valence-corrected chi connectivity index (χ2v) is 5.61. The molecule has 3 nitrogen and oxygen atoms in total. The number of anilines is 1. The fraction of sp³-hybridized carbons (Fsp3) is 0.250. The SMILES string of the molecule is CCc1nc2c(Br)cc(Br)cc2c(NN)c1C. The number of hydrogen-bond donors (Lipinski definition) is 2. The van der Waals surface area contributed by atoms with Gasteiger partial charge in [-0.15, -0.1) is 0 Å². The van der Waals surface area contributed by atoms with Crippen LogP contribution in [0.4, 0.5) is 5.69 Å². The summed E-state index contributed by atoms with van der Waals surface area (Å²) >= 11 is 7.02. The Morgan fingerprint density at radius 2 is 2.06 bits per heavy atom. The lowest BCUT2D eigenvalue weighted by atomic mass is 10.1. The zero-order valence-corrected chi connectivity index (χ0v) is 12.8. The predicted molar refractivity (Wildman–Crippen MR) is 79.1 cm³/mol. The minimum absolute atomic E-state index is 0.888. The van der Waals surface area contributed by atoms with E-state index in [0.29, 0.717) is 0 Å².